The summed E-state index contributed by atoms with van der Waals surface area (Å²) in [5, 5.41) is 15.5. The summed E-state index contributed by atoms with van der Waals surface area (Å²) >= 11 is 6.03. The predicted molar refractivity (Wildman–Crippen MR) is 106 cm³/mol. The normalized spacial score (nSPS) is 11.0. The van der Waals surface area contributed by atoms with Crippen LogP contribution in [-0.4, -0.2) is 11.7 Å². The van der Waals surface area contributed by atoms with Crippen LogP contribution in [0.25, 0.3) is 0 Å². The van der Waals surface area contributed by atoms with Crippen molar-refractivity contribution in [1.29, 1.82) is 0 Å². The topological polar surface area (TPSA) is 32.3 Å². The van der Waals surface area contributed by atoms with Crippen molar-refractivity contribution in [2.45, 2.75) is 12.1 Å². The van der Waals surface area contributed by atoms with Gasteiger partial charge >= 0.3 is 0 Å². The van der Waals surface area contributed by atoms with E-state index < -0.39 is 5.60 Å². The average Bonchev–Trinajstić information content (AvgIpc) is 2.63. The molecule has 0 unspecified atom stereocenters. The van der Waals surface area contributed by atoms with E-state index in [0.717, 1.165) is 21.7 Å². The molecule has 0 saturated carbocycles. The third-order valence-corrected chi connectivity index (χ3v) is 4.34. The Morgan fingerprint density at radius 2 is 1.36 bits per heavy atom. The van der Waals surface area contributed by atoms with Gasteiger partial charge in [0.05, 0.1) is 0 Å². The Hall–Kier alpha value is -1.84. The molecule has 0 spiro atoms. The Balaban J connectivity index is 0.00000225. The Morgan fingerprint density at radius 3 is 1.88 bits per heavy atom. The Bertz CT molecular complexity index is 739. The van der Waals surface area contributed by atoms with Gasteiger partial charge in [0.1, 0.15) is 5.60 Å². The van der Waals surface area contributed by atoms with Crippen molar-refractivity contribution in [3.05, 3.63) is 107 Å². The molecule has 0 aromatic heterocycles. The minimum absolute atomic E-state index is 0. The summed E-state index contributed by atoms with van der Waals surface area (Å²) < 4.78 is 0. The van der Waals surface area contributed by atoms with Gasteiger partial charge < -0.3 is 10.4 Å². The maximum Gasteiger partial charge on any atom is 0.127 e. The molecule has 0 atom stereocenters. The van der Waals surface area contributed by atoms with Crippen LogP contribution in [0.4, 0.5) is 0 Å². The van der Waals surface area contributed by atoms with Crippen LogP contribution in [0.1, 0.15) is 16.7 Å². The molecular weight excluding hydrogens is 353 g/mol. The number of hydrogen-bond donors (Lipinski definition) is 2. The van der Waals surface area contributed by atoms with Gasteiger partial charge in [-0.2, -0.15) is 0 Å². The minimum Gasteiger partial charge on any atom is -0.379 e. The third-order valence-electron chi connectivity index (χ3n) is 4.10. The first-order valence-corrected chi connectivity index (χ1v) is 8.35. The van der Waals surface area contributed by atoms with E-state index >= 15 is 0 Å². The number of benzene rings is 3. The van der Waals surface area contributed by atoms with Gasteiger partial charge in [-0.25, -0.2) is 0 Å². The van der Waals surface area contributed by atoms with Gasteiger partial charge in [-0.1, -0.05) is 84.4 Å². The number of nitrogens with one attached hydrogen (secondary N) is 1. The van der Waals surface area contributed by atoms with E-state index in [1.807, 2.05) is 84.9 Å². The third kappa shape index (κ3) is 4.83. The first kappa shape index (κ1) is 19.5. The maximum absolute atomic E-state index is 11.4. The molecule has 0 bridgehead atoms. The first-order chi connectivity index (χ1) is 11.7. The second-order valence-corrected chi connectivity index (χ2v) is 6.26. The van der Waals surface area contributed by atoms with E-state index in [-0.39, 0.29) is 12.4 Å². The van der Waals surface area contributed by atoms with Crippen molar-refractivity contribution < 1.29 is 5.11 Å². The van der Waals surface area contributed by atoms with Gasteiger partial charge in [0.15, 0.2) is 0 Å². The molecule has 0 amide bonds. The molecule has 3 rings (SSSR count). The lowest BCUT2D eigenvalue weighted by Gasteiger charge is -2.30. The number of halogens is 2. The molecule has 0 aliphatic rings. The lowest BCUT2D eigenvalue weighted by molar-refractivity contribution is 0.0796. The van der Waals surface area contributed by atoms with Crippen LogP contribution in [0.3, 0.4) is 0 Å². The van der Waals surface area contributed by atoms with Gasteiger partial charge in [-0.15, -0.1) is 12.4 Å². The Morgan fingerprint density at radius 1 is 0.800 bits per heavy atom. The molecule has 0 radical (unpaired) electrons. The van der Waals surface area contributed by atoms with Crippen LogP contribution in [0.15, 0.2) is 84.9 Å². The van der Waals surface area contributed by atoms with Crippen LogP contribution < -0.4 is 5.32 Å². The molecule has 0 aliphatic carbocycles. The van der Waals surface area contributed by atoms with Gasteiger partial charge in [0.2, 0.25) is 0 Å². The Kier molecular flexibility index (Phi) is 7.03. The fourth-order valence-electron chi connectivity index (χ4n) is 2.83. The summed E-state index contributed by atoms with van der Waals surface area (Å²) in [6.45, 7) is 1.05. The van der Waals surface area contributed by atoms with Crippen LogP contribution in [0.5, 0.6) is 0 Å². The zero-order valence-electron chi connectivity index (χ0n) is 13.7. The van der Waals surface area contributed by atoms with E-state index in [2.05, 4.69) is 5.32 Å². The van der Waals surface area contributed by atoms with Crippen LogP contribution in [0.2, 0.25) is 5.02 Å². The second-order valence-electron chi connectivity index (χ2n) is 5.83. The van der Waals surface area contributed by atoms with Gasteiger partial charge in [0, 0.05) is 18.1 Å². The standard InChI is InChI=1S/C21H20ClNO.ClH/c22-20-13-7-8-17(14-20)15-23-16-21(24,18-9-3-1-4-10-18)19-11-5-2-6-12-19;/h1-14,23-24H,15-16H2;1H. The smallest absolute Gasteiger partial charge is 0.127 e. The Labute approximate surface area is 159 Å². The highest BCUT2D eigenvalue weighted by molar-refractivity contribution is 6.30. The fourth-order valence-corrected chi connectivity index (χ4v) is 3.05. The summed E-state index contributed by atoms with van der Waals surface area (Å²) in [4.78, 5) is 0. The van der Waals surface area contributed by atoms with Gasteiger partial charge in [-0.3, -0.25) is 0 Å². The van der Waals surface area contributed by atoms with Crippen LogP contribution in [0, 0.1) is 0 Å². The van der Waals surface area contributed by atoms with Crippen LogP contribution in [-0.2, 0) is 12.1 Å². The molecule has 3 aromatic carbocycles. The average molecular weight is 374 g/mol. The van der Waals surface area contributed by atoms with Crippen molar-refractivity contribution in [2.24, 2.45) is 0 Å². The molecule has 0 aliphatic heterocycles. The lowest BCUT2D eigenvalue weighted by Crippen LogP contribution is -2.39. The quantitative estimate of drug-likeness (QED) is 0.650. The van der Waals surface area contributed by atoms with Crippen molar-refractivity contribution in [1.82, 2.24) is 5.32 Å². The lowest BCUT2D eigenvalue weighted by atomic mass is 9.86. The molecular formula is C21H21Cl2NO. The largest absolute Gasteiger partial charge is 0.379 e. The molecule has 3 aromatic rings. The highest BCUT2D eigenvalue weighted by atomic mass is 35.5. The SMILES string of the molecule is Cl.OC(CNCc1cccc(Cl)c1)(c1ccccc1)c1ccccc1. The van der Waals surface area contributed by atoms with E-state index in [9.17, 15) is 5.11 Å². The molecule has 4 heteroatoms. The van der Waals surface area contributed by atoms with Gasteiger partial charge in [-0.05, 0) is 28.8 Å². The summed E-state index contributed by atoms with van der Waals surface area (Å²) in [6, 6.07) is 27.2. The highest BCUT2D eigenvalue weighted by Gasteiger charge is 2.30. The molecule has 0 fully saturated rings. The molecule has 25 heavy (non-hydrogen) atoms. The van der Waals surface area contributed by atoms with Gasteiger partial charge in [0.25, 0.3) is 0 Å². The predicted octanol–water partition coefficient (Wildman–Crippen LogP) is 4.79. The summed E-state index contributed by atoms with van der Waals surface area (Å²) in [5.74, 6) is 0. The molecule has 2 N–H and O–H groups in total. The number of hydrogen-bond acceptors (Lipinski definition) is 2. The van der Waals surface area contributed by atoms with Crippen molar-refractivity contribution in [3.8, 4) is 0 Å². The molecule has 2 nitrogen and oxygen atoms in total. The van der Waals surface area contributed by atoms with Crippen molar-refractivity contribution >= 4 is 24.0 Å². The highest BCUT2D eigenvalue weighted by Crippen LogP contribution is 2.29. The second kappa shape index (κ2) is 9.02. The van der Waals surface area contributed by atoms with Crippen molar-refractivity contribution in [2.75, 3.05) is 6.54 Å². The first-order valence-electron chi connectivity index (χ1n) is 7.97. The number of aliphatic hydroxyl groups is 1. The summed E-state index contributed by atoms with van der Waals surface area (Å²) in [6.07, 6.45) is 0. The zero-order chi connectivity index (χ0) is 16.8. The fraction of sp³-hybridized carbons (Fsp3) is 0.143. The monoisotopic (exact) mass is 373 g/mol. The summed E-state index contributed by atoms with van der Waals surface area (Å²) in [5.41, 5.74) is 1.75. The van der Waals surface area contributed by atoms with Crippen LogP contribution >= 0.6 is 24.0 Å². The molecule has 130 valence electrons. The van der Waals surface area contributed by atoms with E-state index in [0.29, 0.717) is 13.1 Å². The maximum atomic E-state index is 11.4. The summed E-state index contributed by atoms with van der Waals surface area (Å²) in [7, 11) is 0. The molecule has 0 saturated heterocycles. The van der Waals surface area contributed by atoms with E-state index in [1.165, 1.54) is 0 Å². The number of rotatable bonds is 6. The van der Waals surface area contributed by atoms with Crippen molar-refractivity contribution in [3.63, 3.8) is 0 Å². The van der Waals surface area contributed by atoms with E-state index in [1.54, 1.807) is 0 Å². The minimum atomic E-state index is -1.08. The zero-order valence-corrected chi connectivity index (χ0v) is 15.3. The van der Waals surface area contributed by atoms with E-state index in [4.69, 9.17) is 11.6 Å². The molecule has 0 heterocycles.